The molecule has 0 aliphatic carbocycles. The number of carbonyl (C=O) groups excluding carboxylic acids is 4. The number of nitrogens with one attached hydrogen (secondary N) is 3. The summed E-state index contributed by atoms with van der Waals surface area (Å²) in [5, 5.41) is 7.26. The van der Waals surface area contributed by atoms with E-state index in [4.69, 9.17) is 4.74 Å². The van der Waals surface area contributed by atoms with Crippen LogP contribution in [-0.4, -0.2) is 36.5 Å². The van der Waals surface area contributed by atoms with E-state index in [1.54, 1.807) is 37.3 Å². The summed E-state index contributed by atoms with van der Waals surface area (Å²) in [5.41, 5.74) is 1.38. The van der Waals surface area contributed by atoms with Crippen LogP contribution < -0.4 is 16.0 Å². The number of anilines is 1. The zero-order valence-electron chi connectivity index (χ0n) is 13.7. The first-order valence-corrected chi connectivity index (χ1v) is 7.84. The van der Waals surface area contributed by atoms with Gasteiger partial charge in [-0.3, -0.25) is 14.9 Å². The van der Waals surface area contributed by atoms with Crippen LogP contribution in [0.2, 0.25) is 0 Å². The van der Waals surface area contributed by atoms with E-state index in [9.17, 15) is 19.2 Å². The molecule has 0 bridgehead atoms. The number of urea groups is 1. The maximum Gasteiger partial charge on any atom is 0.330 e. The van der Waals surface area contributed by atoms with Crippen molar-refractivity contribution in [2.24, 2.45) is 0 Å². The van der Waals surface area contributed by atoms with E-state index in [1.807, 2.05) is 0 Å². The normalized spacial score (nSPS) is 16.4. The van der Waals surface area contributed by atoms with Crippen LogP contribution >= 0.6 is 0 Å². The van der Waals surface area contributed by atoms with E-state index in [2.05, 4.69) is 16.0 Å². The van der Waals surface area contributed by atoms with Gasteiger partial charge < -0.3 is 15.4 Å². The molecule has 0 saturated carbocycles. The fourth-order valence-electron chi connectivity index (χ4n) is 2.19. The predicted octanol–water partition coefficient (Wildman–Crippen LogP) is 1.19. The summed E-state index contributed by atoms with van der Waals surface area (Å²) in [6.45, 7) is 2.05. The van der Waals surface area contributed by atoms with Crippen LogP contribution in [0.3, 0.4) is 0 Å². The van der Waals surface area contributed by atoms with E-state index in [-0.39, 0.29) is 18.7 Å². The number of hydrogen-bond donors (Lipinski definition) is 3. The molecule has 1 aliphatic heterocycles. The van der Waals surface area contributed by atoms with Crippen LogP contribution in [-0.2, 0) is 19.1 Å². The molecule has 1 unspecified atom stereocenters. The Morgan fingerprint density at radius 1 is 1.24 bits per heavy atom. The molecule has 1 heterocycles. The standard InChI is InChI=1S/C17H19N3O5/c1-2-25-15(22)10-5-11-3-6-12(7-4-11)18-14(21)9-8-13-16(23)20-17(24)19-13/h3-7,10,13H,2,8-9H2,1H3,(H,18,21)(H2,19,20,23,24). The Morgan fingerprint density at radius 3 is 2.56 bits per heavy atom. The Bertz CT molecular complexity index is 697. The highest BCUT2D eigenvalue weighted by molar-refractivity contribution is 6.04. The highest BCUT2D eigenvalue weighted by Crippen LogP contribution is 2.12. The molecule has 1 aromatic carbocycles. The molecule has 8 heteroatoms. The lowest BCUT2D eigenvalue weighted by molar-refractivity contribution is -0.137. The first kappa shape index (κ1) is 18.2. The molecule has 1 saturated heterocycles. The third kappa shape index (κ3) is 5.76. The van der Waals surface area contributed by atoms with Crippen molar-refractivity contribution in [3.8, 4) is 0 Å². The quantitative estimate of drug-likeness (QED) is 0.390. The van der Waals surface area contributed by atoms with Crippen molar-refractivity contribution in [1.82, 2.24) is 10.6 Å². The summed E-state index contributed by atoms with van der Waals surface area (Å²) >= 11 is 0. The van der Waals surface area contributed by atoms with Crippen molar-refractivity contribution in [3.63, 3.8) is 0 Å². The summed E-state index contributed by atoms with van der Waals surface area (Å²) in [6.07, 6.45) is 3.27. The zero-order chi connectivity index (χ0) is 18.2. The number of benzene rings is 1. The van der Waals surface area contributed by atoms with Gasteiger partial charge in [0.15, 0.2) is 0 Å². The maximum atomic E-state index is 11.9. The molecule has 1 aliphatic rings. The number of rotatable bonds is 7. The van der Waals surface area contributed by atoms with E-state index >= 15 is 0 Å². The Morgan fingerprint density at radius 2 is 1.96 bits per heavy atom. The predicted molar refractivity (Wildman–Crippen MR) is 90.4 cm³/mol. The Labute approximate surface area is 144 Å². The van der Waals surface area contributed by atoms with Crippen LogP contribution in [0.4, 0.5) is 10.5 Å². The number of carbonyl (C=O) groups is 4. The van der Waals surface area contributed by atoms with Gasteiger partial charge in [0.2, 0.25) is 5.91 Å². The van der Waals surface area contributed by atoms with Gasteiger partial charge in [-0.25, -0.2) is 9.59 Å². The lowest BCUT2D eigenvalue weighted by atomic mass is 10.1. The van der Waals surface area contributed by atoms with Gasteiger partial charge in [-0.05, 0) is 37.1 Å². The molecule has 0 radical (unpaired) electrons. The van der Waals surface area contributed by atoms with Crippen molar-refractivity contribution < 1.29 is 23.9 Å². The van der Waals surface area contributed by atoms with Gasteiger partial charge in [0, 0.05) is 18.2 Å². The Kier molecular flexibility index (Phi) is 6.27. The summed E-state index contributed by atoms with van der Waals surface area (Å²) in [7, 11) is 0. The van der Waals surface area contributed by atoms with Gasteiger partial charge >= 0.3 is 12.0 Å². The van der Waals surface area contributed by atoms with Gasteiger partial charge in [0.05, 0.1) is 6.61 Å². The third-order valence-electron chi connectivity index (χ3n) is 3.41. The average molecular weight is 345 g/mol. The average Bonchev–Trinajstić information content (AvgIpc) is 2.90. The fraction of sp³-hybridized carbons (Fsp3) is 0.294. The van der Waals surface area contributed by atoms with Gasteiger partial charge in [0.25, 0.3) is 5.91 Å². The SMILES string of the molecule is CCOC(=O)C=Cc1ccc(NC(=O)CCC2NC(=O)NC2=O)cc1. The summed E-state index contributed by atoms with van der Waals surface area (Å²) in [4.78, 5) is 45.5. The molecule has 3 N–H and O–H groups in total. The highest BCUT2D eigenvalue weighted by Gasteiger charge is 2.29. The highest BCUT2D eigenvalue weighted by atomic mass is 16.5. The molecule has 25 heavy (non-hydrogen) atoms. The second-order valence-corrected chi connectivity index (χ2v) is 5.31. The number of amides is 4. The first-order chi connectivity index (χ1) is 12.0. The molecular formula is C17H19N3O5. The van der Waals surface area contributed by atoms with E-state index in [1.165, 1.54) is 6.08 Å². The van der Waals surface area contributed by atoms with Crippen LogP contribution in [0.15, 0.2) is 30.3 Å². The topological polar surface area (TPSA) is 114 Å². The number of ether oxygens (including phenoxy) is 1. The molecule has 1 fully saturated rings. The second-order valence-electron chi connectivity index (χ2n) is 5.31. The smallest absolute Gasteiger partial charge is 0.330 e. The van der Waals surface area contributed by atoms with Crippen molar-refractivity contribution in [1.29, 1.82) is 0 Å². The van der Waals surface area contributed by atoms with Crippen LogP contribution in [0.5, 0.6) is 0 Å². The maximum absolute atomic E-state index is 11.9. The van der Waals surface area contributed by atoms with Gasteiger partial charge in [-0.15, -0.1) is 0 Å². The summed E-state index contributed by atoms with van der Waals surface area (Å²) in [6, 6.07) is 5.68. The van der Waals surface area contributed by atoms with Crippen molar-refractivity contribution >= 4 is 35.6 Å². The molecule has 4 amide bonds. The lowest BCUT2D eigenvalue weighted by Gasteiger charge is -2.08. The van der Waals surface area contributed by atoms with Crippen molar-refractivity contribution in [2.45, 2.75) is 25.8 Å². The number of esters is 1. The van der Waals surface area contributed by atoms with E-state index < -0.39 is 23.9 Å². The zero-order valence-corrected chi connectivity index (χ0v) is 13.7. The number of imide groups is 1. The van der Waals surface area contributed by atoms with Crippen LogP contribution in [0.25, 0.3) is 6.08 Å². The molecule has 1 atom stereocenters. The molecule has 8 nitrogen and oxygen atoms in total. The monoisotopic (exact) mass is 345 g/mol. The Hall–Kier alpha value is -3.16. The molecule has 2 rings (SSSR count). The second kappa shape index (κ2) is 8.62. The molecule has 132 valence electrons. The largest absolute Gasteiger partial charge is 0.463 e. The minimum atomic E-state index is -0.673. The molecule has 1 aromatic rings. The minimum Gasteiger partial charge on any atom is -0.463 e. The van der Waals surface area contributed by atoms with Crippen molar-refractivity contribution in [2.75, 3.05) is 11.9 Å². The lowest BCUT2D eigenvalue weighted by Crippen LogP contribution is -2.30. The van der Waals surface area contributed by atoms with Crippen LogP contribution in [0, 0.1) is 0 Å². The Balaban J connectivity index is 1.80. The molecular weight excluding hydrogens is 326 g/mol. The summed E-state index contributed by atoms with van der Waals surface area (Å²) in [5.74, 6) is -1.10. The number of hydrogen-bond acceptors (Lipinski definition) is 5. The fourth-order valence-corrected chi connectivity index (χ4v) is 2.19. The third-order valence-corrected chi connectivity index (χ3v) is 3.41. The van der Waals surface area contributed by atoms with Crippen molar-refractivity contribution in [3.05, 3.63) is 35.9 Å². The van der Waals surface area contributed by atoms with Crippen LogP contribution in [0.1, 0.15) is 25.3 Å². The molecule has 0 aromatic heterocycles. The van der Waals surface area contributed by atoms with E-state index in [0.717, 1.165) is 5.56 Å². The minimum absolute atomic E-state index is 0.100. The molecule has 0 spiro atoms. The van der Waals surface area contributed by atoms with E-state index in [0.29, 0.717) is 12.3 Å². The summed E-state index contributed by atoms with van der Waals surface area (Å²) < 4.78 is 4.79. The van der Waals surface area contributed by atoms with Gasteiger partial charge in [-0.2, -0.15) is 0 Å². The first-order valence-electron chi connectivity index (χ1n) is 7.84. The van der Waals surface area contributed by atoms with Gasteiger partial charge in [0.1, 0.15) is 6.04 Å². The van der Waals surface area contributed by atoms with Gasteiger partial charge in [-0.1, -0.05) is 12.1 Å².